The van der Waals surface area contributed by atoms with Crippen molar-refractivity contribution in [2.75, 3.05) is 0 Å². The molecule has 4 heavy (non-hydrogen) atoms. The molecule has 0 aromatic carbocycles. The fourth-order valence-corrected chi connectivity index (χ4v) is 0. The van der Waals surface area contributed by atoms with Gasteiger partial charge in [-0.3, -0.25) is 4.57 Å². The molecule has 0 aromatic rings. The molecule has 2 unspecified atom stereocenters. The Hall–Kier alpha value is 0.400. The van der Waals surface area contributed by atoms with Crippen LogP contribution in [0.3, 0.4) is 0 Å². The molecule has 0 N–H and O–H groups in total. The molecule has 0 rings (SSSR count). The topological polar surface area (TPSA) is 17.1 Å². The van der Waals surface area contributed by atoms with E-state index in [-0.39, 0.29) is 0 Å². The summed E-state index contributed by atoms with van der Waals surface area (Å²) in [5, 5.41) is 0. The number of rotatable bonds is 0. The minimum absolute atomic E-state index is 1.20. The van der Waals surface area contributed by atoms with Crippen molar-refractivity contribution in [3.8, 4) is 0 Å². The third-order valence-electron chi connectivity index (χ3n) is 0. The van der Waals surface area contributed by atoms with Gasteiger partial charge in [-0.2, -0.15) is 0 Å². The van der Waals surface area contributed by atoms with Crippen LogP contribution in [0.15, 0.2) is 0 Å². The maximum absolute atomic E-state index is 9.44. The van der Waals surface area contributed by atoms with Crippen LogP contribution in [0.5, 0.6) is 0 Å². The second-order valence-corrected chi connectivity index (χ2v) is 2.98. The molecule has 0 aromatic heterocycles. The van der Waals surface area contributed by atoms with Gasteiger partial charge in [-0.1, -0.05) is 0 Å². The van der Waals surface area contributed by atoms with E-state index in [9.17, 15) is 4.57 Å². The Balaban J connectivity index is 3.51. The van der Waals surface area contributed by atoms with Crippen molar-refractivity contribution in [1.82, 2.24) is 0 Å². The Bertz CT molecular complexity index is 54.4. The van der Waals surface area contributed by atoms with E-state index in [0.29, 0.717) is 0 Å². The summed E-state index contributed by atoms with van der Waals surface area (Å²) < 4.78 is 9.44. The zero-order valence-corrected chi connectivity index (χ0v) is 4.19. The SMILES string of the molecule is C=P(=O)P. The van der Waals surface area contributed by atoms with Crippen LogP contribution in [0.1, 0.15) is 0 Å². The molecule has 3 heteroatoms. The van der Waals surface area contributed by atoms with E-state index in [2.05, 4.69) is 15.2 Å². The van der Waals surface area contributed by atoms with Crippen molar-refractivity contribution in [3.05, 3.63) is 0 Å². The van der Waals surface area contributed by atoms with Crippen LogP contribution in [-0.4, -0.2) is 6.30 Å². The fraction of sp³-hybridized carbons (Fsp3) is 0. The van der Waals surface area contributed by atoms with Crippen LogP contribution >= 0.6 is 16.0 Å². The maximum Gasteiger partial charge on any atom is 0.105 e. The maximum atomic E-state index is 9.44. The quantitative estimate of drug-likeness (QED) is 0.410. The van der Waals surface area contributed by atoms with Crippen molar-refractivity contribution in [2.45, 2.75) is 0 Å². The molecule has 0 spiro atoms. The van der Waals surface area contributed by atoms with Crippen molar-refractivity contribution in [3.63, 3.8) is 0 Å². The summed E-state index contributed by atoms with van der Waals surface area (Å²) in [5.41, 5.74) is 0. The number of hydrogen-bond donors (Lipinski definition) is 0. The molecule has 1 nitrogen and oxygen atoms in total. The summed E-state index contributed by atoms with van der Waals surface area (Å²) in [6.45, 7) is 0. The van der Waals surface area contributed by atoms with Gasteiger partial charge < -0.3 is 0 Å². The molecule has 24 valence electrons. The molecule has 0 bridgehead atoms. The highest BCUT2D eigenvalue weighted by molar-refractivity contribution is 8.04. The first-order valence-electron chi connectivity index (χ1n) is 0.757. The van der Waals surface area contributed by atoms with Crippen molar-refractivity contribution in [1.29, 1.82) is 0 Å². The van der Waals surface area contributed by atoms with Gasteiger partial charge in [0, 0.05) is 0 Å². The van der Waals surface area contributed by atoms with Crippen LogP contribution in [-0.2, 0) is 4.57 Å². The Morgan fingerprint density at radius 2 is 2.00 bits per heavy atom. The van der Waals surface area contributed by atoms with Gasteiger partial charge in [0.25, 0.3) is 0 Å². The third kappa shape index (κ3) is 29.4. The van der Waals surface area contributed by atoms with Gasteiger partial charge in [-0.05, 0) is 15.2 Å². The van der Waals surface area contributed by atoms with E-state index in [4.69, 9.17) is 0 Å². The summed E-state index contributed by atoms with van der Waals surface area (Å²) in [4.78, 5) is 0. The number of hydrogen-bond acceptors (Lipinski definition) is 1. The lowest BCUT2D eigenvalue weighted by Crippen LogP contribution is -0.977. The summed E-state index contributed by atoms with van der Waals surface area (Å²) in [5.74, 6) is 0. The molecule has 0 saturated heterocycles. The lowest BCUT2D eigenvalue weighted by Gasteiger charge is -1.42. The molecule has 0 aliphatic carbocycles. The van der Waals surface area contributed by atoms with Crippen molar-refractivity contribution >= 4 is 22.3 Å². The Labute approximate surface area is 27.9 Å². The van der Waals surface area contributed by atoms with Crippen LogP contribution in [0, 0.1) is 0 Å². The Morgan fingerprint density at radius 1 is 2.00 bits per heavy atom. The zero-order valence-electron chi connectivity index (χ0n) is 2.14. The van der Waals surface area contributed by atoms with E-state index in [1.54, 1.807) is 0 Å². The molecule has 2 atom stereocenters. The molecule has 0 amide bonds. The smallest absolute Gasteiger partial charge is 0.105 e. The average molecular weight is 94.0 g/mol. The van der Waals surface area contributed by atoms with Crippen LogP contribution in [0.4, 0.5) is 0 Å². The monoisotopic (exact) mass is 94.0 g/mol. The summed E-state index contributed by atoms with van der Waals surface area (Å²) >= 11 is 0. The third-order valence-corrected chi connectivity index (χ3v) is 0. The molecule has 0 fully saturated rings. The summed E-state index contributed by atoms with van der Waals surface area (Å²) in [7, 11) is 0.852. The largest absolute Gasteiger partial charge is 0.279 e. The highest BCUT2D eigenvalue weighted by Gasteiger charge is 1.42. The minimum Gasteiger partial charge on any atom is -0.279 e. The molecule has 0 aliphatic rings. The van der Waals surface area contributed by atoms with E-state index in [1.807, 2.05) is 0 Å². The first kappa shape index (κ1) is 4.40. The van der Waals surface area contributed by atoms with E-state index in [1.165, 1.54) is 0 Å². The first-order chi connectivity index (χ1) is 1.73. The predicted molar refractivity (Wildman–Crippen MR) is 24.4 cm³/mol. The lowest BCUT2D eigenvalue weighted by atomic mass is 12.0. The van der Waals surface area contributed by atoms with Gasteiger partial charge in [0.1, 0.15) is 7.11 Å². The minimum atomic E-state index is -1.20. The van der Waals surface area contributed by atoms with Crippen molar-refractivity contribution in [2.24, 2.45) is 0 Å². The standard InChI is InChI=1S/CH4OP2/c1-4(2)3/h1,3H2. The second kappa shape index (κ2) is 1.69. The van der Waals surface area contributed by atoms with Gasteiger partial charge in [-0.15, -0.1) is 0 Å². The average Bonchev–Trinajstić information content (AvgIpc) is 0.811. The van der Waals surface area contributed by atoms with E-state index in [0.717, 1.165) is 0 Å². The molecule has 0 heterocycles. The van der Waals surface area contributed by atoms with Crippen LogP contribution in [0.25, 0.3) is 0 Å². The fourth-order valence-electron chi connectivity index (χ4n) is 0. The van der Waals surface area contributed by atoms with Gasteiger partial charge in [-0.25, -0.2) is 0 Å². The first-order valence-corrected chi connectivity index (χ1v) is 3.82. The molecule has 0 saturated carbocycles. The molecule has 0 aliphatic heterocycles. The van der Waals surface area contributed by atoms with Crippen molar-refractivity contribution < 1.29 is 4.57 Å². The lowest BCUT2D eigenvalue weighted by molar-refractivity contribution is 0.604. The summed E-state index contributed by atoms with van der Waals surface area (Å²) in [6, 6.07) is 0. The Morgan fingerprint density at radius 3 is 2.00 bits per heavy atom. The highest BCUT2D eigenvalue weighted by Crippen LogP contribution is 2.10. The molecular formula is CH4OP2. The normalized spacial score (nSPS) is 10.8. The van der Waals surface area contributed by atoms with Crippen LogP contribution < -0.4 is 0 Å². The van der Waals surface area contributed by atoms with Gasteiger partial charge in [0.05, 0.1) is 0 Å². The molecule has 0 radical (unpaired) electrons. The predicted octanol–water partition coefficient (Wildman–Crippen LogP) is 1.04. The molecular weight excluding hydrogens is 90.0 g/mol. The highest BCUT2D eigenvalue weighted by atomic mass is 32.0. The zero-order chi connectivity index (χ0) is 3.58. The van der Waals surface area contributed by atoms with E-state index >= 15 is 0 Å². The second-order valence-electron chi connectivity index (χ2n) is 0.417. The van der Waals surface area contributed by atoms with Gasteiger partial charge in [0.15, 0.2) is 0 Å². The summed E-state index contributed by atoms with van der Waals surface area (Å²) in [6.07, 6.45) is 3.11. The van der Waals surface area contributed by atoms with Gasteiger partial charge in [0.2, 0.25) is 0 Å². The Kier molecular flexibility index (Phi) is 1.86. The van der Waals surface area contributed by atoms with Gasteiger partial charge >= 0.3 is 0 Å². The van der Waals surface area contributed by atoms with Crippen LogP contribution in [0.2, 0.25) is 0 Å². The van der Waals surface area contributed by atoms with E-state index < -0.39 is 7.11 Å².